The number of aromatic nitrogens is 1. The molecule has 1 aliphatic rings. The summed E-state index contributed by atoms with van der Waals surface area (Å²) in [5, 5.41) is 0. The Labute approximate surface area is 155 Å². The first-order valence-electron chi connectivity index (χ1n) is 9.33. The standard InChI is InChI=1S/C23H26N2O/c1-18-6-8-19(9-7-18)17-25-16-4-15-24-14-3-5-22(24)23(25)20-10-12-21(26-2)13-11-20/h3,5-14,23H,4,15-17H2,1-2H3/t23-/m0/s1. The van der Waals surface area contributed by atoms with Crippen LogP contribution in [0.1, 0.15) is 34.8 Å². The summed E-state index contributed by atoms with van der Waals surface area (Å²) in [4.78, 5) is 2.60. The molecule has 3 heteroatoms. The highest BCUT2D eigenvalue weighted by Crippen LogP contribution is 2.33. The lowest BCUT2D eigenvalue weighted by atomic mass is 10.0. The van der Waals surface area contributed by atoms with Crippen LogP contribution in [0.2, 0.25) is 0 Å². The van der Waals surface area contributed by atoms with Crippen LogP contribution in [-0.4, -0.2) is 23.1 Å². The van der Waals surface area contributed by atoms with Crippen molar-refractivity contribution >= 4 is 0 Å². The minimum atomic E-state index is 0.264. The third kappa shape index (κ3) is 3.40. The van der Waals surface area contributed by atoms with Crippen molar-refractivity contribution < 1.29 is 4.74 Å². The number of hydrogen-bond donors (Lipinski definition) is 0. The molecule has 0 bridgehead atoms. The number of methoxy groups -OCH3 is 1. The molecule has 0 saturated heterocycles. The second kappa shape index (κ2) is 7.38. The van der Waals surface area contributed by atoms with Crippen molar-refractivity contribution in [1.82, 2.24) is 9.47 Å². The molecule has 2 aromatic carbocycles. The van der Waals surface area contributed by atoms with Crippen LogP contribution < -0.4 is 4.74 Å². The Hall–Kier alpha value is -2.52. The topological polar surface area (TPSA) is 17.4 Å². The SMILES string of the molecule is COc1ccc([C@H]2c3cccn3CCCN2Cc2ccc(C)cc2)cc1. The monoisotopic (exact) mass is 346 g/mol. The van der Waals surface area contributed by atoms with Crippen molar-refractivity contribution in [2.24, 2.45) is 0 Å². The van der Waals surface area contributed by atoms with Gasteiger partial charge in [0.25, 0.3) is 0 Å². The molecule has 0 radical (unpaired) electrons. The number of ether oxygens (including phenoxy) is 1. The van der Waals surface area contributed by atoms with Gasteiger partial charge in [-0.2, -0.15) is 0 Å². The zero-order valence-corrected chi connectivity index (χ0v) is 15.6. The van der Waals surface area contributed by atoms with Gasteiger partial charge in [-0.15, -0.1) is 0 Å². The summed E-state index contributed by atoms with van der Waals surface area (Å²) < 4.78 is 7.76. The van der Waals surface area contributed by atoms with Gasteiger partial charge in [0.1, 0.15) is 5.75 Å². The molecule has 0 aliphatic carbocycles. The Kier molecular flexibility index (Phi) is 4.81. The molecule has 1 aromatic heterocycles. The molecule has 4 rings (SSSR count). The van der Waals surface area contributed by atoms with Crippen LogP contribution in [0.5, 0.6) is 5.75 Å². The zero-order valence-electron chi connectivity index (χ0n) is 15.6. The van der Waals surface area contributed by atoms with Gasteiger partial charge in [0.15, 0.2) is 0 Å². The molecule has 134 valence electrons. The molecule has 1 atom stereocenters. The van der Waals surface area contributed by atoms with E-state index in [4.69, 9.17) is 4.74 Å². The van der Waals surface area contributed by atoms with E-state index in [1.807, 2.05) is 0 Å². The van der Waals surface area contributed by atoms with Crippen molar-refractivity contribution in [1.29, 1.82) is 0 Å². The minimum Gasteiger partial charge on any atom is -0.497 e. The summed E-state index contributed by atoms with van der Waals surface area (Å²) in [7, 11) is 1.72. The van der Waals surface area contributed by atoms with Crippen molar-refractivity contribution in [3.63, 3.8) is 0 Å². The number of aryl methyl sites for hydroxylation is 2. The third-order valence-electron chi connectivity index (χ3n) is 5.29. The highest BCUT2D eigenvalue weighted by atomic mass is 16.5. The van der Waals surface area contributed by atoms with Gasteiger partial charge >= 0.3 is 0 Å². The Bertz CT molecular complexity index is 849. The molecule has 3 aromatic rings. The maximum Gasteiger partial charge on any atom is 0.118 e. The van der Waals surface area contributed by atoms with Crippen LogP contribution in [0.25, 0.3) is 0 Å². The molecule has 0 saturated carbocycles. The Morgan fingerprint density at radius 3 is 2.46 bits per heavy atom. The number of fused-ring (bicyclic) bond motifs is 1. The van der Waals surface area contributed by atoms with Crippen molar-refractivity contribution in [3.05, 3.63) is 89.2 Å². The van der Waals surface area contributed by atoms with Gasteiger partial charge in [0.2, 0.25) is 0 Å². The maximum atomic E-state index is 5.35. The molecule has 0 amide bonds. The summed E-state index contributed by atoms with van der Waals surface area (Å²) in [6, 6.07) is 22.2. The average molecular weight is 346 g/mol. The summed E-state index contributed by atoms with van der Waals surface area (Å²) in [6.45, 7) is 5.27. The zero-order chi connectivity index (χ0) is 17.9. The predicted molar refractivity (Wildman–Crippen MR) is 105 cm³/mol. The molecule has 0 N–H and O–H groups in total. The second-order valence-electron chi connectivity index (χ2n) is 7.11. The van der Waals surface area contributed by atoms with Gasteiger partial charge < -0.3 is 9.30 Å². The van der Waals surface area contributed by atoms with Crippen molar-refractivity contribution in [2.75, 3.05) is 13.7 Å². The van der Waals surface area contributed by atoms with E-state index < -0.39 is 0 Å². The quantitative estimate of drug-likeness (QED) is 0.675. The van der Waals surface area contributed by atoms with Gasteiger partial charge in [-0.1, -0.05) is 42.0 Å². The minimum absolute atomic E-state index is 0.264. The lowest BCUT2D eigenvalue weighted by Crippen LogP contribution is -2.29. The fourth-order valence-electron chi connectivity index (χ4n) is 3.91. The van der Waals surface area contributed by atoms with Crippen LogP contribution >= 0.6 is 0 Å². The number of benzene rings is 2. The van der Waals surface area contributed by atoms with Crippen LogP contribution in [0.4, 0.5) is 0 Å². The molecular weight excluding hydrogens is 320 g/mol. The number of rotatable bonds is 4. The molecule has 0 fully saturated rings. The van der Waals surface area contributed by atoms with Crippen molar-refractivity contribution in [3.8, 4) is 5.75 Å². The highest BCUT2D eigenvalue weighted by Gasteiger charge is 2.27. The van der Waals surface area contributed by atoms with Crippen LogP contribution in [0, 0.1) is 6.92 Å². The smallest absolute Gasteiger partial charge is 0.118 e. The molecule has 0 spiro atoms. The third-order valence-corrected chi connectivity index (χ3v) is 5.29. The van der Waals surface area contributed by atoms with Gasteiger partial charge in [0.05, 0.1) is 13.2 Å². The molecule has 26 heavy (non-hydrogen) atoms. The van der Waals surface area contributed by atoms with E-state index in [0.717, 1.165) is 25.4 Å². The predicted octanol–water partition coefficient (Wildman–Crippen LogP) is 4.80. The lowest BCUT2D eigenvalue weighted by molar-refractivity contribution is 0.220. The normalized spacial score (nSPS) is 17.5. The first-order chi connectivity index (χ1) is 12.7. The van der Waals surface area contributed by atoms with Gasteiger partial charge in [-0.3, -0.25) is 4.90 Å². The van der Waals surface area contributed by atoms with E-state index in [1.165, 1.54) is 28.8 Å². The van der Waals surface area contributed by atoms with Crippen LogP contribution in [0.3, 0.4) is 0 Å². The Balaban J connectivity index is 1.71. The first-order valence-corrected chi connectivity index (χ1v) is 9.33. The fraction of sp³-hybridized carbons (Fsp3) is 0.304. The fourth-order valence-corrected chi connectivity index (χ4v) is 3.91. The van der Waals surface area contributed by atoms with E-state index in [0.29, 0.717) is 0 Å². The largest absolute Gasteiger partial charge is 0.497 e. The van der Waals surface area contributed by atoms with Crippen LogP contribution in [-0.2, 0) is 13.1 Å². The van der Waals surface area contributed by atoms with Gasteiger partial charge in [-0.25, -0.2) is 0 Å². The summed E-state index contributed by atoms with van der Waals surface area (Å²) in [5.74, 6) is 0.905. The number of nitrogens with zero attached hydrogens (tertiary/aromatic N) is 2. The van der Waals surface area contributed by atoms with Crippen molar-refractivity contribution in [2.45, 2.75) is 32.5 Å². The van der Waals surface area contributed by atoms with Gasteiger partial charge in [0, 0.05) is 31.5 Å². The Morgan fingerprint density at radius 1 is 0.962 bits per heavy atom. The second-order valence-corrected chi connectivity index (χ2v) is 7.11. The van der Waals surface area contributed by atoms with E-state index in [-0.39, 0.29) is 6.04 Å². The molecular formula is C23H26N2O. The lowest BCUT2D eigenvalue weighted by Gasteiger charge is -2.31. The van der Waals surface area contributed by atoms with E-state index in [2.05, 4.69) is 83.3 Å². The molecule has 0 unspecified atom stereocenters. The highest BCUT2D eigenvalue weighted by molar-refractivity contribution is 5.35. The number of hydrogen-bond acceptors (Lipinski definition) is 2. The Morgan fingerprint density at radius 2 is 1.73 bits per heavy atom. The van der Waals surface area contributed by atoms with E-state index in [9.17, 15) is 0 Å². The van der Waals surface area contributed by atoms with E-state index >= 15 is 0 Å². The van der Waals surface area contributed by atoms with Gasteiger partial charge in [-0.05, 0) is 48.7 Å². The molecule has 1 aliphatic heterocycles. The van der Waals surface area contributed by atoms with E-state index in [1.54, 1.807) is 7.11 Å². The summed E-state index contributed by atoms with van der Waals surface area (Å²) in [6.07, 6.45) is 3.38. The van der Waals surface area contributed by atoms with Crippen LogP contribution in [0.15, 0.2) is 66.9 Å². The summed E-state index contributed by atoms with van der Waals surface area (Å²) in [5.41, 5.74) is 5.37. The average Bonchev–Trinajstić information content (AvgIpc) is 3.05. The molecule has 2 heterocycles. The first kappa shape index (κ1) is 16.9. The molecule has 3 nitrogen and oxygen atoms in total. The maximum absolute atomic E-state index is 5.35. The summed E-state index contributed by atoms with van der Waals surface area (Å²) >= 11 is 0.